The van der Waals surface area contributed by atoms with Crippen molar-refractivity contribution in [3.8, 4) is 5.75 Å². The maximum absolute atomic E-state index is 12.0. The molecular weight excluding hydrogens is 256 g/mol. The fourth-order valence-electron chi connectivity index (χ4n) is 1.89. The van der Waals surface area contributed by atoms with Crippen LogP contribution in [0.4, 0.5) is 5.69 Å². The molecule has 0 bridgehead atoms. The molecule has 0 atom stereocenters. The van der Waals surface area contributed by atoms with Gasteiger partial charge in [-0.2, -0.15) is 0 Å². The van der Waals surface area contributed by atoms with Gasteiger partial charge in [-0.3, -0.25) is 29.4 Å². The summed E-state index contributed by atoms with van der Waals surface area (Å²) in [7, 11) is 0. The van der Waals surface area contributed by atoms with Gasteiger partial charge in [-0.05, 0) is 13.0 Å². The smallest absolute Gasteiger partial charge is 0.311 e. The number of carbonyl (C=O) groups is 3. The highest BCUT2D eigenvalue weighted by Gasteiger charge is 2.40. The normalized spacial score (nSPS) is 14.6. The maximum Gasteiger partial charge on any atom is 0.311 e. The van der Waals surface area contributed by atoms with Crippen molar-refractivity contribution in [1.82, 2.24) is 4.90 Å². The quantitative estimate of drug-likeness (QED) is 0.359. The van der Waals surface area contributed by atoms with E-state index in [1.54, 1.807) is 0 Å². The van der Waals surface area contributed by atoms with Gasteiger partial charge >= 0.3 is 11.6 Å². The zero-order chi connectivity index (χ0) is 14.3. The number of carbonyl (C=O) groups excluding carboxylic acids is 3. The first-order valence-corrected chi connectivity index (χ1v) is 5.31. The molecule has 1 heterocycles. The van der Waals surface area contributed by atoms with Crippen LogP contribution in [0.3, 0.4) is 0 Å². The van der Waals surface area contributed by atoms with Crippen LogP contribution in [0, 0.1) is 10.1 Å². The number of likely N-dealkylation sites (N-methyl/N-ethyl adjacent to an activating group) is 1. The van der Waals surface area contributed by atoms with Crippen LogP contribution in [0.2, 0.25) is 0 Å². The number of hydrogen-bond acceptors (Lipinski definition) is 6. The molecule has 8 heteroatoms. The van der Waals surface area contributed by atoms with E-state index in [1.807, 2.05) is 0 Å². The number of fused-ring (bicyclic) bond motifs is 1. The van der Waals surface area contributed by atoms with E-state index in [0.717, 1.165) is 12.1 Å². The summed E-state index contributed by atoms with van der Waals surface area (Å²) in [4.78, 5) is 45.7. The molecule has 0 radical (unpaired) electrons. The van der Waals surface area contributed by atoms with Crippen LogP contribution >= 0.6 is 0 Å². The predicted molar refractivity (Wildman–Crippen MR) is 60.8 cm³/mol. The molecule has 1 aliphatic heterocycles. The molecule has 8 nitrogen and oxygen atoms in total. The summed E-state index contributed by atoms with van der Waals surface area (Å²) in [5.74, 6) is -3.79. The van der Waals surface area contributed by atoms with Crippen LogP contribution in [-0.2, 0) is 4.79 Å². The van der Waals surface area contributed by atoms with Crippen molar-refractivity contribution < 1.29 is 24.4 Å². The van der Waals surface area contributed by atoms with Crippen molar-refractivity contribution in [1.29, 1.82) is 0 Å². The maximum atomic E-state index is 12.0. The summed E-state index contributed by atoms with van der Waals surface area (Å²) in [6, 6.07) is 1.88. The molecule has 0 fully saturated rings. The zero-order valence-corrected chi connectivity index (χ0v) is 9.74. The number of phenols is 1. The van der Waals surface area contributed by atoms with Gasteiger partial charge in [0.05, 0.1) is 4.92 Å². The van der Waals surface area contributed by atoms with Crippen molar-refractivity contribution >= 4 is 23.3 Å². The Bertz CT molecular complexity index is 636. The monoisotopic (exact) mass is 264 g/mol. The molecular formula is C11H8N2O6. The number of rotatable bonds is 2. The van der Waals surface area contributed by atoms with Crippen LogP contribution in [0.25, 0.3) is 0 Å². The Morgan fingerprint density at radius 2 is 1.89 bits per heavy atom. The topological polar surface area (TPSA) is 118 Å². The van der Waals surface area contributed by atoms with Crippen molar-refractivity contribution in [2.45, 2.75) is 6.92 Å². The minimum atomic E-state index is -1.01. The summed E-state index contributed by atoms with van der Waals surface area (Å²) >= 11 is 0. The molecule has 0 saturated heterocycles. The molecule has 1 aliphatic rings. The lowest BCUT2D eigenvalue weighted by molar-refractivity contribution is -0.385. The summed E-state index contributed by atoms with van der Waals surface area (Å²) in [5.41, 5.74) is -1.51. The average Bonchev–Trinajstić information content (AvgIpc) is 2.36. The van der Waals surface area contributed by atoms with Crippen molar-refractivity contribution in [2.75, 3.05) is 6.54 Å². The first-order chi connectivity index (χ1) is 8.90. The van der Waals surface area contributed by atoms with Gasteiger partial charge in [0.2, 0.25) is 5.75 Å². The van der Waals surface area contributed by atoms with E-state index in [-0.39, 0.29) is 12.1 Å². The summed E-state index contributed by atoms with van der Waals surface area (Å²) in [6.45, 7) is 1.41. The Morgan fingerprint density at radius 3 is 2.42 bits per heavy atom. The third-order valence-corrected chi connectivity index (χ3v) is 2.81. The number of nitro groups is 1. The molecule has 0 unspecified atom stereocenters. The fraction of sp³-hybridized carbons (Fsp3) is 0.182. The molecule has 1 N–H and O–H groups in total. The van der Waals surface area contributed by atoms with Gasteiger partial charge in [0, 0.05) is 18.2 Å². The molecule has 0 saturated carbocycles. The molecule has 1 aromatic rings. The van der Waals surface area contributed by atoms with Crippen LogP contribution < -0.4 is 0 Å². The predicted octanol–water partition coefficient (Wildman–Crippen LogP) is 0.485. The Hall–Kier alpha value is -2.77. The Balaban J connectivity index is 2.75. The highest BCUT2D eigenvalue weighted by molar-refractivity contribution is 6.49. The molecule has 98 valence electrons. The standard InChI is InChI=1S/C11H8N2O6/c1-2-12-10(16)7-5(8(14)11(12)17)3-4-6(9(7)15)13(18)19/h3-4,15H,2H2,1H3. The lowest BCUT2D eigenvalue weighted by Gasteiger charge is -2.24. The second-order valence-corrected chi connectivity index (χ2v) is 3.80. The van der Waals surface area contributed by atoms with Crippen LogP contribution in [0.15, 0.2) is 12.1 Å². The third-order valence-electron chi connectivity index (χ3n) is 2.81. The van der Waals surface area contributed by atoms with E-state index in [0.29, 0.717) is 4.90 Å². The largest absolute Gasteiger partial charge is 0.502 e. The molecule has 2 amide bonds. The number of imide groups is 1. The summed E-state index contributed by atoms with van der Waals surface area (Å²) < 4.78 is 0. The van der Waals surface area contributed by atoms with Crippen molar-refractivity contribution in [3.05, 3.63) is 33.4 Å². The minimum absolute atomic E-state index is 0.0645. The van der Waals surface area contributed by atoms with E-state index >= 15 is 0 Å². The molecule has 2 rings (SSSR count). The molecule has 0 aliphatic carbocycles. The minimum Gasteiger partial charge on any atom is -0.502 e. The Morgan fingerprint density at radius 1 is 1.26 bits per heavy atom. The van der Waals surface area contributed by atoms with Crippen LogP contribution in [-0.4, -0.2) is 39.1 Å². The van der Waals surface area contributed by atoms with Gasteiger partial charge in [-0.25, -0.2) is 0 Å². The van der Waals surface area contributed by atoms with Crippen molar-refractivity contribution in [3.63, 3.8) is 0 Å². The SMILES string of the molecule is CCN1C(=O)C(=O)c2ccc([N+](=O)[O-])c(O)c2C1=O. The number of Topliss-reactive ketones (excluding diaryl/α,β-unsaturated/α-hetero) is 1. The number of aromatic hydroxyl groups is 1. The second kappa shape index (κ2) is 4.16. The van der Waals surface area contributed by atoms with Crippen molar-refractivity contribution in [2.24, 2.45) is 0 Å². The van der Waals surface area contributed by atoms with E-state index in [2.05, 4.69) is 0 Å². The van der Waals surface area contributed by atoms with Gasteiger partial charge in [0.1, 0.15) is 5.56 Å². The number of nitro benzene ring substituents is 1. The number of hydrogen-bond donors (Lipinski definition) is 1. The highest BCUT2D eigenvalue weighted by atomic mass is 16.6. The van der Waals surface area contributed by atoms with Gasteiger partial charge in [-0.15, -0.1) is 0 Å². The number of ketones is 1. The Kier molecular flexibility index (Phi) is 2.78. The average molecular weight is 264 g/mol. The van der Waals surface area contributed by atoms with E-state index in [9.17, 15) is 29.6 Å². The molecule has 1 aromatic carbocycles. The first kappa shape index (κ1) is 12.7. The highest BCUT2D eigenvalue weighted by Crippen LogP contribution is 2.35. The fourth-order valence-corrected chi connectivity index (χ4v) is 1.89. The molecule has 0 spiro atoms. The second-order valence-electron chi connectivity index (χ2n) is 3.80. The third kappa shape index (κ3) is 1.65. The van der Waals surface area contributed by atoms with E-state index in [1.165, 1.54) is 6.92 Å². The van der Waals surface area contributed by atoms with E-state index in [4.69, 9.17) is 0 Å². The summed E-state index contributed by atoms with van der Waals surface area (Å²) in [6.07, 6.45) is 0. The van der Waals surface area contributed by atoms with Crippen LogP contribution in [0.1, 0.15) is 27.6 Å². The van der Waals surface area contributed by atoms with Gasteiger partial charge < -0.3 is 5.11 Å². The lowest BCUT2D eigenvalue weighted by Crippen LogP contribution is -2.46. The molecule has 19 heavy (non-hydrogen) atoms. The van der Waals surface area contributed by atoms with Gasteiger partial charge in [0.15, 0.2) is 0 Å². The number of nitrogens with zero attached hydrogens (tertiary/aromatic N) is 2. The van der Waals surface area contributed by atoms with Gasteiger partial charge in [0.25, 0.3) is 11.7 Å². The van der Waals surface area contributed by atoms with Gasteiger partial charge in [-0.1, -0.05) is 0 Å². The Labute approximate surface area is 106 Å². The van der Waals surface area contributed by atoms with E-state index < -0.39 is 39.5 Å². The lowest BCUT2D eigenvalue weighted by atomic mass is 9.95. The first-order valence-electron chi connectivity index (χ1n) is 5.31. The number of amides is 2. The van der Waals surface area contributed by atoms with Crippen LogP contribution in [0.5, 0.6) is 5.75 Å². The summed E-state index contributed by atoms with van der Waals surface area (Å²) in [5, 5.41) is 20.4. The molecule has 0 aromatic heterocycles. The number of phenolic OH excluding ortho intramolecular Hbond substituents is 1. The zero-order valence-electron chi connectivity index (χ0n) is 9.74. The number of benzene rings is 1.